The SMILES string of the molecule is CCC/C=C/[C@@H](B1OC(C)(C)C(C)(C)O1)c1ccccc1. The first-order chi connectivity index (χ1) is 9.87. The van der Waals surface area contributed by atoms with Crippen LogP contribution in [0.4, 0.5) is 0 Å². The van der Waals surface area contributed by atoms with Crippen LogP contribution in [0.1, 0.15) is 58.8 Å². The van der Waals surface area contributed by atoms with E-state index in [-0.39, 0.29) is 24.1 Å². The Kier molecular flexibility index (Phi) is 4.95. The van der Waals surface area contributed by atoms with Crippen molar-refractivity contribution in [2.75, 3.05) is 0 Å². The molecule has 3 heteroatoms. The largest absolute Gasteiger partial charge is 0.469 e. The standard InChI is InChI=1S/C18H27BO2/c1-6-7-9-14-16(15-12-10-8-11-13-15)19-20-17(2,3)18(4,5)21-19/h8-14,16H,6-7H2,1-5H3/b14-9+/t16-/m1/s1. The van der Waals surface area contributed by atoms with Crippen LogP contribution in [0.2, 0.25) is 0 Å². The molecular weight excluding hydrogens is 259 g/mol. The summed E-state index contributed by atoms with van der Waals surface area (Å²) in [5.74, 6) is 0.138. The van der Waals surface area contributed by atoms with Gasteiger partial charge in [-0.3, -0.25) is 0 Å². The topological polar surface area (TPSA) is 18.5 Å². The summed E-state index contributed by atoms with van der Waals surface area (Å²) in [6.07, 6.45) is 6.72. The number of hydrogen-bond donors (Lipinski definition) is 0. The molecule has 1 aliphatic heterocycles. The molecule has 114 valence electrons. The zero-order valence-electron chi connectivity index (χ0n) is 13.9. The second-order valence-corrected chi connectivity index (χ2v) is 6.78. The number of rotatable bonds is 5. The van der Waals surface area contributed by atoms with E-state index >= 15 is 0 Å². The van der Waals surface area contributed by atoms with Crippen LogP contribution in [-0.2, 0) is 9.31 Å². The lowest BCUT2D eigenvalue weighted by atomic mass is 9.67. The molecule has 0 bridgehead atoms. The first-order valence-electron chi connectivity index (χ1n) is 7.94. The van der Waals surface area contributed by atoms with Gasteiger partial charge in [0.15, 0.2) is 0 Å². The van der Waals surface area contributed by atoms with E-state index in [2.05, 4.69) is 71.0 Å². The van der Waals surface area contributed by atoms with Crippen LogP contribution in [0.15, 0.2) is 42.5 Å². The molecule has 1 aromatic carbocycles. The highest BCUT2D eigenvalue weighted by Gasteiger charge is 2.53. The zero-order chi connectivity index (χ0) is 15.5. The highest BCUT2D eigenvalue weighted by molar-refractivity contribution is 6.48. The lowest BCUT2D eigenvalue weighted by Gasteiger charge is -2.32. The third kappa shape index (κ3) is 3.59. The molecule has 1 aliphatic rings. The smallest absolute Gasteiger partial charge is 0.403 e. The molecule has 0 aliphatic carbocycles. The third-order valence-electron chi connectivity index (χ3n) is 4.55. The molecule has 0 saturated carbocycles. The lowest BCUT2D eigenvalue weighted by Crippen LogP contribution is -2.41. The van der Waals surface area contributed by atoms with E-state index in [1.54, 1.807) is 0 Å². The fraction of sp³-hybridized carbons (Fsp3) is 0.556. The third-order valence-corrected chi connectivity index (χ3v) is 4.55. The maximum absolute atomic E-state index is 6.24. The molecular formula is C18H27BO2. The first kappa shape index (κ1) is 16.3. The minimum Gasteiger partial charge on any atom is -0.403 e. The maximum atomic E-state index is 6.24. The average molecular weight is 286 g/mol. The Morgan fingerprint density at radius 2 is 1.62 bits per heavy atom. The van der Waals surface area contributed by atoms with Gasteiger partial charge in [-0.05, 0) is 39.7 Å². The zero-order valence-corrected chi connectivity index (χ0v) is 13.9. The lowest BCUT2D eigenvalue weighted by molar-refractivity contribution is 0.00578. The fourth-order valence-corrected chi connectivity index (χ4v) is 2.48. The fourth-order valence-electron chi connectivity index (χ4n) is 2.48. The summed E-state index contributed by atoms with van der Waals surface area (Å²) in [5, 5.41) is 0. The molecule has 1 fully saturated rings. The van der Waals surface area contributed by atoms with Crippen LogP contribution in [0, 0.1) is 0 Å². The van der Waals surface area contributed by atoms with Crippen LogP contribution >= 0.6 is 0 Å². The highest BCUT2D eigenvalue weighted by Crippen LogP contribution is 2.41. The van der Waals surface area contributed by atoms with Crippen LogP contribution in [0.25, 0.3) is 0 Å². The van der Waals surface area contributed by atoms with Gasteiger partial charge in [-0.25, -0.2) is 0 Å². The summed E-state index contributed by atoms with van der Waals surface area (Å²) >= 11 is 0. The Morgan fingerprint density at radius 1 is 1.05 bits per heavy atom. The Balaban J connectivity index is 2.25. The van der Waals surface area contributed by atoms with Gasteiger partial charge < -0.3 is 9.31 Å². The molecule has 0 unspecified atom stereocenters. The molecule has 1 heterocycles. The molecule has 0 radical (unpaired) electrons. The highest BCUT2D eigenvalue weighted by atomic mass is 16.7. The van der Waals surface area contributed by atoms with Crippen LogP contribution in [0.3, 0.4) is 0 Å². The molecule has 21 heavy (non-hydrogen) atoms. The van der Waals surface area contributed by atoms with Crippen LogP contribution in [-0.4, -0.2) is 18.3 Å². The van der Waals surface area contributed by atoms with Crippen molar-refractivity contribution in [2.45, 2.75) is 64.5 Å². The Labute approximate surface area is 129 Å². The Hall–Kier alpha value is -1.06. The molecule has 2 rings (SSSR count). The van der Waals surface area contributed by atoms with Gasteiger partial charge in [0.1, 0.15) is 0 Å². The number of allylic oxidation sites excluding steroid dienone is 2. The van der Waals surface area contributed by atoms with Gasteiger partial charge in [-0.15, -0.1) is 0 Å². The Morgan fingerprint density at radius 3 is 2.14 bits per heavy atom. The summed E-state index contributed by atoms with van der Waals surface area (Å²) in [6.45, 7) is 10.6. The van der Waals surface area contributed by atoms with Crippen molar-refractivity contribution < 1.29 is 9.31 Å². The predicted molar refractivity (Wildman–Crippen MR) is 89.3 cm³/mol. The van der Waals surface area contributed by atoms with Crippen molar-refractivity contribution in [1.82, 2.24) is 0 Å². The van der Waals surface area contributed by atoms with E-state index in [0.717, 1.165) is 12.8 Å². The normalized spacial score (nSPS) is 21.9. The molecule has 0 amide bonds. The summed E-state index contributed by atoms with van der Waals surface area (Å²) in [6, 6.07) is 10.5. The van der Waals surface area contributed by atoms with Crippen molar-refractivity contribution >= 4 is 7.12 Å². The summed E-state index contributed by atoms with van der Waals surface area (Å²) < 4.78 is 12.5. The predicted octanol–water partition coefficient (Wildman–Crippen LogP) is 4.76. The molecule has 2 nitrogen and oxygen atoms in total. The van der Waals surface area contributed by atoms with E-state index in [4.69, 9.17) is 9.31 Å². The number of hydrogen-bond acceptors (Lipinski definition) is 2. The molecule has 0 spiro atoms. The second-order valence-electron chi connectivity index (χ2n) is 6.78. The quantitative estimate of drug-likeness (QED) is 0.574. The van der Waals surface area contributed by atoms with Gasteiger partial charge >= 0.3 is 7.12 Å². The van der Waals surface area contributed by atoms with Crippen molar-refractivity contribution in [1.29, 1.82) is 0 Å². The summed E-state index contributed by atoms with van der Waals surface area (Å²) in [7, 11) is -0.231. The van der Waals surface area contributed by atoms with E-state index < -0.39 is 0 Å². The summed E-state index contributed by atoms with van der Waals surface area (Å²) in [5.41, 5.74) is 0.662. The average Bonchev–Trinajstić information content (AvgIpc) is 2.64. The maximum Gasteiger partial charge on any atom is 0.469 e. The van der Waals surface area contributed by atoms with Gasteiger partial charge in [-0.2, -0.15) is 0 Å². The molecule has 1 atom stereocenters. The molecule has 1 aromatic rings. The van der Waals surface area contributed by atoms with Gasteiger partial charge in [0.2, 0.25) is 0 Å². The van der Waals surface area contributed by atoms with Crippen molar-refractivity contribution in [3.8, 4) is 0 Å². The van der Waals surface area contributed by atoms with Gasteiger partial charge in [0.05, 0.1) is 11.2 Å². The van der Waals surface area contributed by atoms with E-state index in [9.17, 15) is 0 Å². The van der Waals surface area contributed by atoms with Crippen LogP contribution < -0.4 is 0 Å². The Bertz CT molecular complexity index is 463. The minimum absolute atomic E-state index is 0.138. The molecule has 0 N–H and O–H groups in total. The van der Waals surface area contributed by atoms with E-state index in [1.807, 2.05) is 6.07 Å². The monoisotopic (exact) mass is 286 g/mol. The minimum atomic E-state index is -0.288. The van der Waals surface area contributed by atoms with Crippen molar-refractivity contribution in [2.24, 2.45) is 0 Å². The van der Waals surface area contributed by atoms with Gasteiger partial charge in [0, 0.05) is 5.82 Å². The number of benzene rings is 1. The molecule has 1 saturated heterocycles. The van der Waals surface area contributed by atoms with Gasteiger partial charge in [-0.1, -0.05) is 55.8 Å². The van der Waals surface area contributed by atoms with Crippen molar-refractivity contribution in [3.05, 3.63) is 48.0 Å². The second kappa shape index (κ2) is 6.37. The van der Waals surface area contributed by atoms with Crippen LogP contribution in [0.5, 0.6) is 0 Å². The van der Waals surface area contributed by atoms with E-state index in [1.165, 1.54) is 5.56 Å². The van der Waals surface area contributed by atoms with E-state index in [0.29, 0.717) is 0 Å². The van der Waals surface area contributed by atoms with Crippen molar-refractivity contribution in [3.63, 3.8) is 0 Å². The summed E-state index contributed by atoms with van der Waals surface area (Å²) in [4.78, 5) is 0. The first-order valence-corrected chi connectivity index (χ1v) is 7.94. The van der Waals surface area contributed by atoms with Gasteiger partial charge in [0.25, 0.3) is 0 Å². The number of unbranched alkanes of at least 4 members (excludes halogenated alkanes) is 1. The molecule has 0 aromatic heterocycles.